The second-order valence-electron chi connectivity index (χ2n) is 5.15. The van der Waals surface area contributed by atoms with Crippen LogP contribution >= 0.6 is 11.8 Å². The number of imide groups is 1. The maximum Gasteiger partial charge on any atom is 0.288 e. The number of pyridine rings is 1. The summed E-state index contributed by atoms with van der Waals surface area (Å²) in [6.45, 7) is 0.273. The maximum absolute atomic E-state index is 12.5. The number of sulfone groups is 1. The van der Waals surface area contributed by atoms with Crippen LogP contribution in [0.4, 0.5) is 4.79 Å². The van der Waals surface area contributed by atoms with E-state index in [1.54, 1.807) is 35.0 Å². The number of carbonyl (C=O) groups is 2. The molecule has 2 aromatic heterocycles. The zero-order valence-corrected chi connectivity index (χ0v) is 13.8. The fourth-order valence-corrected chi connectivity index (χ4v) is 4.72. The van der Waals surface area contributed by atoms with Crippen molar-refractivity contribution in [3.8, 4) is 0 Å². The maximum atomic E-state index is 12.5. The molecule has 0 bridgehead atoms. The van der Waals surface area contributed by atoms with Gasteiger partial charge in [-0.1, -0.05) is 17.8 Å². The normalized spacial score (nSPS) is 15.7. The van der Waals surface area contributed by atoms with Gasteiger partial charge in [0.25, 0.3) is 5.24 Å². The number of unbranched alkanes of at least 4 members (excludes halogenated alkanes) is 1. The van der Waals surface area contributed by atoms with Crippen molar-refractivity contribution in [1.29, 1.82) is 0 Å². The third-order valence-electron chi connectivity index (χ3n) is 3.59. The molecule has 3 rings (SSSR count). The van der Waals surface area contributed by atoms with Gasteiger partial charge in [0.2, 0.25) is 5.91 Å². The number of hydrogen-bond donors (Lipinski definition) is 0. The van der Waals surface area contributed by atoms with Gasteiger partial charge in [-0.05, 0) is 25.0 Å². The smallest absolute Gasteiger partial charge is 0.288 e. The average molecular weight is 353 g/mol. The Hall–Kier alpha value is -1.87. The molecule has 23 heavy (non-hydrogen) atoms. The first-order valence-electron chi connectivity index (χ1n) is 7.11. The van der Waals surface area contributed by atoms with Gasteiger partial charge in [-0.15, -0.1) is 0 Å². The Labute approximate surface area is 137 Å². The quantitative estimate of drug-likeness (QED) is 0.733. The van der Waals surface area contributed by atoms with E-state index in [2.05, 4.69) is 4.98 Å². The molecule has 2 aromatic rings. The fourth-order valence-electron chi connectivity index (χ4n) is 2.44. The first-order chi connectivity index (χ1) is 11.0. The number of thioether (sulfide) groups is 1. The minimum absolute atomic E-state index is 0.0341. The second kappa shape index (κ2) is 6.32. The number of amides is 2. The molecule has 0 aromatic carbocycles. The molecule has 0 aliphatic carbocycles. The van der Waals surface area contributed by atoms with E-state index in [1.807, 2.05) is 0 Å². The summed E-state index contributed by atoms with van der Waals surface area (Å²) in [4.78, 5) is 28.2. The molecule has 0 unspecified atom stereocenters. The summed E-state index contributed by atoms with van der Waals surface area (Å²) >= 11 is 0.985. The van der Waals surface area contributed by atoms with Crippen LogP contribution in [0.3, 0.4) is 0 Å². The Bertz CT molecular complexity index is 844. The van der Waals surface area contributed by atoms with Crippen molar-refractivity contribution in [2.75, 3.05) is 18.1 Å². The highest BCUT2D eigenvalue weighted by molar-refractivity contribution is 8.14. The van der Waals surface area contributed by atoms with Crippen LogP contribution in [-0.4, -0.2) is 51.9 Å². The van der Waals surface area contributed by atoms with Gasteiger partial charge in [-0.2, -0.15) is 0 Å². The summed E-state index contributed by atoms with van der Waals surface area (Å²) in [5.74, 6) is -0.0565. The van der Waals surface area contributed by atoms with Gasteiger partial charge in [0.15, 0.2) is 9.84 Å². The third kappa shape index (κ3) is 3.25. The monoisotopic (exact) mass is 353 g/mol. The zero-order chi connectivity index (χ0) is 16.4. The van der Waals surface area contributed by atoms with Gasteiger partial charge in [-0.3, -0.25) is 18.9 Å². The van der Waals surface area contributed by atoms with E-state index in [0.717, 1.165) is 11.8 Å². The van der Waals surface area contributed by atoms with Crippen molar-refractivity contribution in [3.05, 3.63) is 30.6 Å². The highest BCUT2D eigenvalue weighted by atomic mass is 32.2. The zero-order valence-electron chi connectivity index (χ0n) is 12.2. The van der Waals surface area contributed by atoms with Crippen molar-refractivity contribution in [3.63, 3.8) is 0 Å². The predicted octanol–water partition coefficient (Wildman–Crippen LogP) is 1.58. The van der Waals surface area contributed by atoms with E-state index in [1.165, 1.54) is 4.90 Å². The predicted molar refractivity (Wildman–Crippen MR) is 86.0 cm³/mol. The first-order valence-corrected chi connectivity index (χ1v) is 9.75. The van der Waals surface area contributed by atoms with Gasteiger partial charge in [0.1, 0.15) is 10.7 Å². The van der Waals surface area contributed by atoms with E-state index < -0.39 is 9.84 Å². The number of fused-ring (bicyclic) bond motifs is 1. The van der Waals surface area contributed by atoms with E-state index >= 15 is 0 Å². The van der Waals surface area contributed by atoms with Crippen LogP contribution in [-0.2, 0) is 14.6 Å². The SMILES string of the molecule is O=C1CSC(=O)N1CCCCS(=O)(=O)c1cccc2nccn12. The lowest BCUT2D eigenvalue weighted by Crippen LogP contribution is -2.29. The standard InChI is InChI=1S/C14H15N3O4S2/c18-12-10-22-14(19)17(12)7-1-2-9-23(20,21)13-5-3-4-11-15-6-8-16(11)13/h3-6,8H,1-2,7,9-10H2. The molecule has 3 heterocycles. The molecule has 1 aliphatic heterocycles. The summed E-state index contributed by atoms with van der Waals surface area (Å²) < 4.78 is 26.5. The lowest BCUT2D eigenvalue weighted by Gasteiger charge is -2.12. The second-order valence-corrected chi connectivity index (χ2v) is 8.13. The van der Waals surface area contributed by atoms with Crippen molar-refractivity contribution < 1.29 is 18.0 Å². The van der Waals surface area contributed by atoms with E-state index in [4.69, 9.17) is 0 Å². The summed E-state index contributed by atoms with van der Waals surface area (Å²) in [6.07, 6.45) is 4.02. The van der Waals surface area contributed by atoms with Gasteiger partial charge >= 0.3 is 0 Å². The van der Waals surface area contributed by atoms with E-state index in [-0.39, 0.29) is 34.2 Å². The van der Waals surface area contributed by atoms with Crippen molar-refractivity contribution in [2.45, 2.75) is 17.9 Å². The number of imidazole rings is 1. The van der Waals surface area contributed by atoms with Crippen LogP contribution < -0.4 is 0 Å². The fraction of sp³-hybridized carbons (Fsp3) is 0.357. The largest absolute Gasteiger partial charge is 0.290 e. The van der Waals surface area contributed by atoms with Gasteiger partial charge in [0, 0.05) is 18.9 Å². The van der Waals surface area contributed by atoms with Crippen LogP contribution in [0.2, 0.25) is 0 Å². The Balaban J connectivity index is 1.62. The molecule has 2 amide bonds. The van der Waals surface area contributed by atoms with Crippen molar-refractivity contribution >= 4 is 38.4 Å². The molecule has 0 N–H and O–H groups in total. The molecule has 7 nitrogen and oxygen atoms in total. The minimum Gasteiger partial charge on any atom is -0.290 e. The van der Waals surface area contributed by atoms with E-state index in [0.29, 0.717) is 18.5 Å². The lowest BCUT2D eigenvalue weighted by atomic mass is 10.3. The third-order valence-corrected chi connectivity index (χ3v) is 6.25. The summed E-state index contributed by atoms with van der Waals surface area (Å²) in [6, 6.07) is 4.95. The van der Waals surface area contributed by atoms with Gasteiger partial charge < -0.3 is 0 Å². The molecule has 0 saturated carbocycles. The van der Waals surface area contributed by atoms with Crippen LogP contribution in [0.5, 0.6) is 0 Å². The molecule has 9 heteroatoms. The molecular weight excluding hydrogens is 338 g/mol. The number of hydrogen-bond acceptors (Lipinski definition) is 6. The van der Waals surface area contributed by atoms with Crippen LogP contribution in [0.15, 0.2) is 35.6 Å². The Morgan fingerprint density at radius 2 is 2.04 bits per heavy atom. The van der Waals surface area contributed by atoms with Crippen molar-refractivity contribution in [1.82, 2.24) is 14.3 Å². The number of aromatic nitrogens is 2. The van der Waals surface area contributed by atoms with Gasteiger partial charge in [0.05, 0.1) is 11.5 Å². The lowest BCUT2D eigenvalue weighted by molar-refractivity contribution is -0.124. The molecule has 0 radical (unpaired) electrons. The highest BCUT2D eigenvalue weighted by Gasteiger charge is 2.29. The van der Waals surface area contributed by atoms with E-state index in [9.17, 15) is 18.0 Å². The topological polar surface area (TPSA) is 88.8 Å². The van der Waals surface area contributed by atoms with Crippen LogP contribution in [0.25, 0.3) is 5.65 Å². The number of nitrogens with zero attached hydrogens (tertiary/aromatic N) is 3. The average Bonchev–Trinajstić information content (AvgIpc) is 3.11. The number of carbonyl (C=O) groups excluding carboxylic acids is 2. The molecular formula is C14H15N3O4S2. The van der Waals surface area contributed by atoms with Crippen LogP contribution in [0.1, 0.15) is 12.8 Å². The van der Waals surface area contributed by atoms with Crippen LogP contribution in [0, 0.1) is 0 Å². The highest BCUT2D eigenvalue weighted by Crippen LogP contribution is 2.20. The summed E-state index contributed by atoms with van der Waals surface area (Å²) in [5, 5.41) is -0.0441. The number of rotatable bonds is 6. The van der Waals surface area contributed by atoms with Gasteiger partial charge in [-0.25, -0.2) is 13.4 Å². The Morgan fingerprint density at radius 1 is 1.22 bits per heavy atom. The molecule has 0 atom stereocenters. The summed E-state index contributed by atoms with van der Waals surface area (Å²) in [7, 11) is -3.45. The molecule has 0 spiro atoms. The van der Waals surface area contributed by atoms with Crippen molar-refractivity contribution in [2.24, 2.45) is 0 Å². The first kappa shape index (κ1) is 16.0. The molecule has 1 fully saturated rings. The summed E-state index contributed by atoms with van der Waals surface area (Å²) in [5.41, 5.74) is 0.580. The molecule has 1 saturated heterocycles. The Morgan fingerprint density at radius 3 is 2.78 bits per heavy atom. The minimum atomic E-state index is -3.45. The Kier molecular flexibility index (Phi) is 4.40. The molecule has 1 aliphatic rings. The molecule has 122 valence electrons.